The number of ketones is 1. The Kier molecular flexibility index (Phi) is 12.5. The molecule has 0 saturated heterocycles. The van der Waals surface area contributed by atoms with Gasteiger partial charge in [0.1, 0.15) is 12.1 Å². The molecular formula is C27H50N4O5. The lowest BCUT2D eigenvalue weighted by Crippen LogP contribution is -2.61. The number of hydrogen-bond donors (Lipinski definition) is 5. The van der Waals surface area contributed by atoms with Crippen LogP contribution in [0.15, 0.2) is 0 Å². The monoisotopic (exact) mass is 510 g/mol. The molecule has 1 saturated carbocycles. The summed E-state index contributed by atoms with van der Waals surface area (Å²) >= 11 is 0. The quantitative estimate of drug-likeness (QED) is 0.215. The van der Waals surface area contributed by atoms with Gasteiger partial charge in [-0.1, -0.05) is 61.3 Å². The van der Waals surface area contributed by atoms with Crippen LogP contribution in [0.25, 0.3) is 0 Å². The topological polar surface area (TPSA) is 137 Å². The molecule has 5 N–H and O–H groups in total. The maximum absolute atomic E-state index is 13.3. The molecule has 9 heteroatoms. The minimum Gasteiger partial charge on any atom is -0.391 e. The lowest BCUT2D eigenvalue weighted by atomic mass is 9.91. The van der Waals surface area contributed by atoms with E-state index in [-0.39, 0.29) is 29.4 Å². The van der Waals surface area contributed by atoms with Crippen LogP contribution in [0, 0.1) is 23.2 Å². The number of carbonyl (C=O) groups is 4. The molecule has 7 atom stereocenters. The molecule has 0 bridgehead atoms. The fraction of sp³-hybridized carbons (Fsp3) is 0.852. The number of Topliss-reactive ketones (excluding diaryl/α,β-unsaturated/α-hetero) is 1. The van der Waals surface area contributed by atoms with Gasteiger partial charge in [0.25, 0.3) is 0 Å². The zero-order valence-corrected chi connectivity index (χ0v) is 23.7. The molecule has 1 aliphatic rings. The highest BCUT2D eigenvalue weighted by Gasteiger charge is 2.48. The van der Waals surface area contributed by atoms with E-state index in [0.29, 0.717) is 12.8 Å². The van der Waals surface area contributed by atoms with Crippen LogP contribution < -0.4 is 21.3 Å². The van der Waals surface area contributed by atoms with Gasteiger partial charge in [-0.05, 0) is 51.0 Å². The van der Waals surface area contributed by atoms with Gasteiger partial charge in [0.2, 0.25) is 17.7 Å². The summed E-state index contributed by atoms with van der Waals surface area (Å²) in [5, 5.41) is 21.7. The standard InChI is InChI=1S/C27H50N4O5/c1-10-16(5)20(28-9)24(34)30-21(17(6)11-2)25(35)31-22(18(7)32)26(36)29-19(14-15(3)4)23(33)27(8)12-13-27/h15-22,28,32H,10-14H2,1-9H3,(H,29,36)(H,30,34)(H,31,35). The number of amides is 3. The molecule has 208 valence electrons. The van der Waals surface area contributed by atoms with Gasteiger partial charge in [-0.2, -0.15) is 0 Å². The molecule has 0 aromatic carbocycles. The highest BCUT2D eigenvalue weighted by molar-refractivity contribution is 5.97. The molecule has 0 aliphatic heterocycles. The van der Waals surface area contributed by atoms with Gasteiger partial charge in [0, 0.05) is 5.41 Å². The van der Waals surface area contributed by atoms with Crippen LogP contribution in [0.4, 0.5) is 0 Å². The number of hydrogen-bond acceptors (Lipinski definition) is 6. The van der Waals surface area contributed by atoms with Crippen molar-refractivity contribution >= 4 is 23.5 Å². The second-order valence-corrected chi connectivity index (χ2v) is 11.4. The Hall–Kier alpha value is -2.00. The summed E-state index contributed by atoms with van der Waals surface area (Å²) in [6.45, 7) is 15.0. The van der Waals surface area contributed by atoms with E-state index in [1.807, 2.05) is 48.5 Å². The van der Waals surface area contributed by atoms with Gasteiger partial charge < -0.3 is 26.4 Å². The molecular weight excluding hydrogens is 460 g/mol. The minimum atomic E-state index is -1.26. The summed E-state index contributed by atoms with van der Waals surface area (Å²) in [7, 11) is 1.71. The molecule has 36 heavy (non-hydrogen) atoms. The first-order chi connectivity index (χ1) is 16.7. The molecule has 3 amide bonds. The summed E-state index contributed by atoms with van der Waals surface area (Å²) < 4.78 is 0. The lowest BCUT2D eigenvalue weighted by molar-refractivity contribution is -0.137. The van der Waals surface area contributed by atoms with Gasteiger partial charge in [0.05, 0.1) is 18.2 Å². The van der Waals surface area contributed by atoms with Crippen molar-refractivity contribution in [1.29, 1.82) is 0 Å². The lowest BCUT2D eigenvalue weighted by Gasteiger charge is -2.31. The van der Waals surface area contributed by atoms with Crippen LogP contribution in [-0.4, -0.2) is 65.9 Å². The predicted molar refractivity (Wildman–Crippen MR) is 141 cm³/mol. The van der Waals surface area contributed by atoms with E-state index in [9.17, 15) is 24.3 Å². The molecule has 1 fully saturated rings. The summed E-state index contributed by atoms with van der Waals surface area (Å²) in [6.07, 6.45) is 2.30. The SMILES string of the molecule is CCC(C)C(NC)C(=O)NC(C(=O)NC(C(=O)NC(CC(C)C)C(=O)C1(C)CC1)C(C)O)C(C)CC. The Morgan fingerprint density at radius 1 is 0.778 bits per heavy atom. The zero-order chi connectivity index (χ0) is 27.8. The van der Waals surface area contributed by atoms with Crippen molar-refractivity contribution in [2.75, 3.05) is 7.05 Å². The number of aliphatic hydroxyl groups excluding tert-OH is 1. The van der Waals surface area contributed by atoms with Crippen LogP contribution in [-0.2, 0) is 19.2 Å². The molecule has 9 nitrogen and oxygen atoms in total. The summed E-state index contributed by atoms with van der Waals surface area (Å²) in [4.78, 5) is 52.5. The van der Waals surface area contributed by atoms with Crippen molar-refractivity contribution in [3.8, 4) is 0 Å². The third-order valence-electron chi connectivity index (χ3n) is 7.60. The normalized spacial score (nSPS) is 20.3. The van der Waals surface area contributed by atoms with Crippen molar-refractivity contribution in [2.45, 2.75) is 118 Å². The Bertz CT molecular complexity index is 765. The largest absolute Gasteiger partial charge is 0.391 e. The van der Waals surface area contributed by atoms with Crippen molar-refractivity contribution in [3.63, 3.8) is 0 Å². The van der Waals surface area contributed by atoms with Crippen molar-refractivity contribution < 1.29 is 24.3 Å². The predicted octanol–water partition coefficient (Wildman–Crippen LogP) is 1.92. The Balaban J connectivity index is 3.05. The third-order valence-corrected chi connectivity index (χ3v) is 7.60. The summed E-state index contributed by atoms with van der Waals surface area (Å²) in [6, 6.07) is -3.28. The van der Waals surface area contributed by atoms with Gasteiger partial charge in [-0.3, -0.25) is 19.2 Å². The maximum Gasteiger partial charge on any atom is 0.245 e. The van der Waals surface area contributed by atoms with E-state index >= 15 is 0 Å². The molecule has 0 radical (unpaired) electrons. The van der Waals surface area contributed by atoms with Gasteiger partial charge in [0.15, 0.2) is 5.78 Å². The Labute approximate surface area is 217 Å². The molecule has 0 heterocycles. The van der Waals surface area contributed by atoms with Crippen molar-refractivity contribution in [3.05, 3.63) is 0 Å². The molecule has 1 aliphatic carbocycles. The Morgan fingerprint density at radius 3 is 1.64 bits per heavy atom. The third kappa shape index (κ3) is 8.83. The van der Waals surface area contributed by atoms with E-state index in [1.165, 1.54) is 6.92 Å². The smallest absolute Gasteiger partial charge is 0.245 e. The zero-order valence-electron chi connectivity index (χ0n) is 23.7. The van der Waals surface area contributed by atoms with Gasteiger partial charge in [-0.15, -0.1) is 0 Å². The first-order valence-electron chi connectivity index (χ1n) is 13.5. The Morgan fingerprint density at radius 2 is 1.22 bits per heavy atom. The van der Waals surface area contributed by atoms with E-state index < -0.39 is 47.5 Å². The molecule has 0 spiro atoms. The van der Waals surface area contributed by atoms with Crippen LogP contribution in [0.1, 0.15) is 87.5 Å². The second-order valence-electron chi connectivity index (χ2n) is 11.4. The number of carbonyl (C=O) groups excluding carboxylic acids is 4. The highest BCUT2D eigenvalue weighted by Crippen LogP contribution is 2.47. The number of rotatable bonds is 16. The summed E-state index contributed by atoms with van der Waals surface area (Å²) in [5.74, 6) is -1.40. The van der Waals surface area contributed by atoms with Crippen LogP contribution in [0.5, 0.6) is 0 Å². The van der Waals surface area contributed by atoms with Gasteiger partial charge >= 0.3 is 0 Å². The van der Waals surface area contributed by atoms with Crippen molar-refractivity contribution in [2.24, 2.45) is 23.2 Å². The average molecular weight is 511 g/mol. The number of likely N-dealkylation sites (N-methyl/N-ethyl adjacent to an activating group) is 1. The van der Waals surface area contributed by atoms with Crippen LogP contribution in [0.2, 0.25) is 0 Å². The average Bonchev–Trinajstić information content (AvgIpc) is 3.57. The molecule has 0 aromatic heterocycles. The summed E-state index contributed by atoms with van der Waals surface area (Å²) in [5.41, 5.74) is -0.415. The first kappa shape index (κ1) is 32.0. The van der Waals surface area contributed by atoms with Gasteiger partial charge in [-0.25, -0.2) is 0 Å². The molecule has 0 aromatic rings. The van der Waals surface area contributed by atoms with Crippen LogP contribution >= 0.6 is 0 Å². The fourth-order valence-electron chi connectivity index (χ4n) is 4.32. The fourth-order valence-corrected chi connectivity index (χ4v) is 4.32. The van der Waals surface area contributed by atoms with E-state index in [0.717, 1.165) is 19.3 Å². The van der Waals surface area contributed by atoms with Crippen molar-refractivity contribution in [1.82, 2.24) is 21.3 Å². The second kappa shape index (κ2) is 14.1. The van der Waals surface area contributed by atoms with E-state index in [1.54, 1.807) is 7.05 Å². The molecule has 7 unspecified atom stereocenters. The maximum atomic E-state index is 13.3. The first-order valence-corrected chi connectivity index (χ1v) is 13.5. The number of aliphatic hydroxyl groups is 1. The van der Waals surface area contributed by atoms with Crippen LogP contribution in [0.3, 0.4) is 0 Å². The van der Waals surface area contributed by atoms with E-state index in [4.69, 9.17) is 0 Å². The molecule has 1 rings (SSSR count). The highest BCUT2D eigenvalue weighted by atomic mass is 16.3. The minimum absolute atomic E-state index is 0.00637. The number of nitrogens with one attached hydrogen (secondary N) is 4. The van der Waals surface area contributed by atoms with E-state index in [2.05, 4.69) is 21.3 Å².